The number of primary amides is 1. The van der Waals surface area contributed by atoms with Crippen molar-refractivity contribution in [3.63, 3.8) is 0 Å². The van der Waals surface area contributed by atoms with Crippen molar-refractivity contribution in [1.82, 2.24) is 0 Å². The summed E-state index contributed by atoms with van der Waals surface area (Å²) in [4.78, 5) is 10.6. The molecule has 1 amide bonds. The largest absolute Gasteiger partial charge is 0.383 e. The minimum atomic E-state index is -0.645. The average Bonchev–Trinajstić information content (AvgIpc) is 2.14. The summed E-state index contributed by atoms with van der Waals surface area (Å²) in [5.74, 6) is -0.497. The van der Waals surface area contributed by atoms with Gasteiger partial charge in [0.1, 0.15) is 6.04 Å². The Kier molecular flexibility index (Phi) is 4.15. The van der Waals surface area contributed by atoms with Gasteiger partial charge in [0.15, 0.2) is 0 Å². The highest BCUT2D eigenvalue weighted by molar-refractivity contribution is 14.1. The SMILES string of the molecule is NC(=O)C(N)CNc1cccc(I)c1. The van der Waals surface area contributed by atoms with Gasteiger partial charge in [-0.3, -0.25) is 4.79 Å². The number of carbonyl (C=O) groups excluding carboxylic acids is 1. The highest BCUT2D eigenvalue weighted by Gasteiger charge is 2.07. The summed E-state index contributed by atoms with van der Waals surface area (Å²) in [6.45, 7) is 0.357. The van der Waals surface area contributed by atoms with Gasteiger partial charge in [-0.15, -0.1) is 0 Å². The fourth-order valence-electron chi connectivity index (χ4n) is 0.927. The smallest absolute Gasteiger partial charge is 0.236 e. The van der Waals surface area contributed by atoms with E-state index < -0.39 is 11.9 Å². The molecular formula is C9H12IN3O. The van der Waals surface area contributed by atoms with Gasteiger partial charge in [0, 0.05) is 15.8 Å². The molecule has 0 fully saturated rings. The van der Waals surface area contributed by atoms with Crippen LogP contribution in [-0.2, 0) is 4.79 Å². The lowest BCUT2D eigenvalue weighted by Crippen LogP contribution is -2.41. The zero-order valence-corrected chi connectivity index (χ0v) is 9.69. The molecule has 0 aliphatic carbocycles. The molecule has 0 aliphatic heterocycles. The Bertz CT molecular complexity index is 330. The van der Waals surface area contributed by atoms with E-state index in [1.807, 2.05) is 24.3 Å². The maximum Gasteiger partial charge on any atom is 0.236 e. The first-order chi connectivity index (χ1) is 6.59. The molecule has 0 saturated carbocycles. The predicted octanol–water partition coefficient (Wildman–Crippen LogP) is 0.516. The van der Waals surface area contributed by atoms with Crippen LogP contribution >= 0.6 is 22.6 Å². The monoisotopic (exact) mass is 305 g/mol. The lowest BCUT2D eigenvalue weighted by molar-refractivity contribution is -0.118. The van der Waals surface area contributed by atoms with Crippen LogP contribution in [0.2, 0.25) is 0 Å². The van der Waals surface area contributed by atoms with E-state index in [0.717, 1.165) is 9.26 Å². The highest BCUT2D eigenvalue weighted by atomic mass is 127. The van der Waals surface area contributed by atoms with Crippen LogP contribution in [-0.4, -0.2) is 18.5 Å². The quantitative estimate of drug-likeness (QED) is 0.709. The zero-order valence-electron chi connectivity index (χ0n) is 7.53. The average molecular weight is 305 g/mol. The zero-order chi connectivity index (χ0) is 10.6. The number of hydrogen-bond acceptors (Lipinski definition) is 3. The Morgan fingerprint density at radius 3 is 2.86 bits per heavy atom. The van der Waals surface area contributed by atoms with Crippen LogP contribution < -0.4 is 16.8 Å². The van der Waals surface area contributed by atoms with Crippen LogP contribution in [0.15, 0.2) is 24.3 Å². The van der Waals surface area contributed by atoms with Gasteiger partial charge < -0.3 is 16.8 Å². The number of nitrogens with one attached hydrogen (secondary N) is 1. The van der Waals surface area contributed by atoms with Crippen molar-refractivity contribution in [2.24, 2.45) is 11.5 Å². The second-order valence-corrected chi connectivity index (χ2v) is 4.15. The summed E-state index contributed by atoms with van der Waals surface area (Å²) < 4.78 is 1.13. The van der Waals surface area contributed by atoms with Crippen LogP contribution in [0, 0.1) is 3.57 Å². The van der Waals surface area contributed by atoms with Crippen molar-refractivity contribution in [1.29, 1.82) is 0 Å². The molecule has 0 aromatic heterocycles. The molecule has 76 valence electrons. The standard InChI is InChI=1S/C9H12IN3O/c10-6-2-1-3-7(4-6)13-5-8(11)9(12)14/h1-4,8,13H,5,11H2,(H2,12,14). The summed E-state index contributed by atoms with van der Waals surface area (Å²) in [7, 11) is 0. The Balaban J connectivity index is 2.49. The number of hydrogen-bond donors (Lipinski definition) is 3. The van der Waals surface area contributed by atoms with Gasteiger partial charge >= 0.3 is 0 Å². The van der Waals surface area contributed by atoms with E-state index in [2.05, 4.69) is 27.9 Å². The first kappa shape index (κ1) is 11.3. The number of anilines is 1. The van der Waals surface area contributed by atoms with Crippen molar-refractivity contribution in [2.45, 2.75) is 6.04 Å². The minimum Gasteiger partial charge on any atom is -0.383 e. The molecule has 0 heterocycles. The van der Waals surface area contributed by atoms with Crippen molar-refractivity contribution < 1.29 is 4.79 Å². The van der Waals surface area contributed by atoms with E-state index in [9.17, 15) is 4.79 Å². The molecule has 0 spiro atoms. The molecule has 1 atom stereocenters. The van der Waals surface area contributed by atoms with Gasteiger partial charge in [-0.1, -0.05) is 6.07 Å². The normalized spacial score (nSPS) is 12.1. The predicted molar refractivity (Wildman–Crippen MR) is 64.8 cm³/mol. The molecule has 1 aromatic rings. The van der Waals surface area contributed by atoms with Crippen LogP contribution in [0.3, 0.4) is 0 Å². The number of rotatable bonds is 4. The fourth-order valence-corrected chi connectivity index (χ4v) is 1.47. The van der Waals surface area contributed by atoms with Gasteiger partial charge in [0.05, 0.1) is 0 Å². The fraction of sp³-hybridized carbons (Fsp3) is 0.222. The summed E-state index contributed by atoms with van der Waals surface area (Å²) in [6, 6.07) is 7.15. The lowest BCUT2D eigenvalue weighted by Gasteiger charge is -2.10. The molecule has 0 saturated heterocycles. The van der Waals surface area contributed by atoms with Gasteiger partial charge in [-0.05, 0) is 40.8 Å². The third-order valence-electron chi connectivity index (χ3n) is 1.72. The number of benzene rings is 1. The third-order valence-corrected chi connectivity index (χ3v) is 2.39. The van der Waals surface area contributed by atoms with Crippen LogP contribution in [0.25, 0.3) is 0 Å². The second kappa shape index (κ2) is 5.16. The highest BCUT2D eigenvalue weighted by Crippen LogP contribution is 2.11. The Morgan fingerprint density at radius 2 is 2.29 bits per heavy atom. The van der Waals surface area contributed by atoms with E-state index in [1.54, 1.807) is 0 Å². The van der Waals surface area contributed by atoms with Gasteiger partial charge in [0.25, 0.3) is 0 Å². The van der Waals surface area contributed by atoms with E-state index >= 15 is 0 Å². The van der Waals surface area contributed by atoms with Crippen molar-refractivity contribution in [3.8, 4) is 0 Å². The topological polar surface area (TPSA) is 81.1 Å². The van der Waals surface area contributed by atoms with Crippen molar-refractivity contribution >= 4 is 34.2 Å². The van der Waals surface area contributed by atoms with E-state index in [-0.39, 0.29) is 0 Å². The molecule has 5 heteroatoms. The van der Waals surface area contributed by atoms with Gasteiger partial charge in [0.2, 0.25) is 5.91 Å². The number of halogens is 1. The molecule has 0 aliphatic rings. The van der Waals surface area contributed by atoms with Crippen molar-refractivity contribution in [3.05, 3.63) is 27.8 Å². The van der Waals surface area contributed by atoms with Crippen LogP contribution in [0.5, 0.6) is 0 Å². The Hall–Kier alpha value is -0.820. The van der Waals surface area contributed by atoms with Crippen molar-refractivity contribution in [2.75, 3.05) is 11.9 Å². The summed E-state index contributed by atoms with van der Waals surface area (Å²) in [5.41, 5.74) is 11.4. The summed E-state index contributed by atoms with van der Waals surface area (Å²) in [6.07, 6.45) is 0. The summed E-state index contributed by atoms with van der Waals surface area (Å²) in [5, 5.41) is 3.04. The molecule has 4 nitrogen and oxygen atoms in total. The van der Waals surface area contributed by atoms with E-state index in [1.165, 1.54) is 0 Å². The first-order valence-electron chi connectivity index (χ1n) is 4.14. The molecule has 0 bridgehead atoms. The molecule has 1 unspecified atom stereocenters. The van der Waals surface area contributed by atoms with Gasteiger partial charge in [-0.25, -0.2) is 0 Å². The molecular weight excluding hydrogens is 293 g/mol. The minimum absolute atomic E-state index is 0.357. The van der Waals surface area contributed by atoms with E-state index in [4.69, 9.17) is 11.5 Å². The van der Waals surface area contributed by atoms with E-state index in [0.29, 0.717) is 6.54 Å². The first-order valence-corrected chi connectivity index (χ1v) is 5.22. The maximum absolute atomic E-state index is 10.6. The lowest BCUT2D eigenvalue weighted by atomic mass is 10.2. The molecule has 1 rings (SSSR count). The third kappa shape index (κ3) is 3.51. The molecule has 5 N–H and O–H groups in total. The molecule has 14 heavy (non-hydrogen) atoms. The molecule has 0 radical (unpaired) electrons. The summed E-state index contributed by atoms with van der Waals surface area (Å²) >= 11 is 2.21. The number of nitrogens with two attached hydrogens (primary N) is 2. The second-order valence-electron chi connectivity index (χ2n) is 2.90. The maximum atomic E-state index is 10.6. The number of amides is 1. The van der Waals surface area contributed by atoms with Crippen LogP contribution in [0.1, 0.15) is 0 Å². The number of carbonyl (C=O) groups is 1. The Morgan fingerprint density at radius 1 is 1.57 bits per heavy atom. The molecule has 1 aromatic carbocycles. The Labute approximate surface area is 96.2 Å². The van der Waals surface area contributed by atoms with Gasteiger partial charge in [-0.2, -0.15) is 0 Å². The van der Waals surface area contributed by atoms with Crippen LogP contribution in [0.4, 0.5) is 5.69 Å².